The smallest absolute Gasteiger partial charge is 0.258 e. The minimum absolute atomic E-state index is 0.0124. The lowest BCUT2D eigenvalue weighted by Crippen LogP contribution is -2.49. The van der Waals surface area contributed by atoms with Crippen LogP contribution >= 0.6 is 0 Å². The average Bonchev–Trinajstić information content (AvgIpc) is 3.66. The summed E-state index contributed by atoms with van der Waals surface area (Å²) in [5, 5.41) is 6.14. The molecular weight excluding hydrogens is 466 g/mol. The van der Waals surface area contributed by atoms with Crippen LogP contribution in [0.1, 0.15) is 54.8 Å². The SMILES string of the molecule is CCOc1ccc2ccccc2c1C(=O)N1CCN(c2ccc(-c3noc(C4CCCC4)n3)cn2)CC1. The van der Waals surface area contributed by atoms with Gasteiger partial charge in [-0.1, -0.05) is 48.3 Å². The fourth-order valence-electron chi connectivity index (χ4n) is 5.44. The van der Waals surface area contributed by atoms with Crippen LogP contribution in [-0.4, -0.2) is 58.7 Å². The maximum absolute atomic E-state index is 13.6. The summed E-state index contributed by atoms with van der Waals surface area (Å²) in [6.07, 6.45) is 6.52. The summed E-state index contributed by atoms with van der Waals surface area (Å²) in [7, 11) is 0. The summed E-state index contributed by atoms with van der Waals surface area (Å²) >= 11 is 0. The van der Waals surface area contributed by atoms with Gasteiger partial charge in [0.1, 0.15) is 11.6 Å². The highest BCUT2D eigenvalue weighted by Gasteiger charge is 2.27. The highest BCUT2D eigenvalue weighted by atomic mass is 16.5. The Hall–Kier alpha value is -3.94. The zero-order valence-electron chi connectivity index (χ0n) is 21.1. The third-order valence-electron chi connectivity index (χ3n) is 7.45. The quantitative estimate of drug-likeness (QED) is 0.357. The van der Waals surface area contributed by atoms with Gasteiger partial charge in [0.25, 0.3) is 5.91 Å². The molecule has 2 aromatic carbocycles. The predicted octanol–water partition coefficient (Wildman–Crippen LogP) is 5.30. The number of ether oxygens (including phenoxy) is 1. The van der Waals surface area contributed by atoms with Crippen molar-refractivity contribution < 1.29 is 14.1 Å². The van der Waals surface area contributed by atoms with E-state index in [-0.39, 0.29) is 5.91 Å². The van der Waals surface area contributed by atoms with Crippen molar-refractivity contribution in [2.45, 2.75) is 38.5 Å². The molecule has 3 heterocycles. The summed E-state index contributed by atoms with van der Waals surface area (Å²) in [6, 6.07) is 15.9. The molecule has 0 bridgehead atoms. The van der Waals surface area contributed by atoms with Crippen molar-refractivity contribution in [2.24, 2.45) is 0 Å². The van der Waals surface area contributed by atoms with Crippen molar-refractivity contribution >= 4 is 22.5 Å². The van der Waals surface area contributed by atoms with E-state index in [2.05, 4.69) is 20.0 Å². The van der Waals surface area contributed by atoms with Gasteiger partial charge in [-0.15, -0.1) is 0 Å². The summed E-state index contributed by atoms with van der Waals surface area (Å²) in [5.74, 6) is 3.27. The molecule has 37 heavy (non-hydrogen) atoms. The van der Waals surface area contributed by atoms with E-state index in [0.29, 0.717) is 55.8 Å². The van der Waals surface area contributed by atoms with Crippen LogP contribution in [-0.2, 0) is 0 Å². The predicted molar refractivity (Wildman–Crippen MR) is 142 cm³/mol. The fourth-order valence-corrected chi connectivity index (χ4v) is 5.44. The van der Waals surface area contributed by atoms with Gasteiger partial charge in [-0.25, -0.2) is 4.98 Å². The normalized spacial score (nSPS) is 16.5. The molecule has 6 rings (SSSR count). The fraction of sp³-hybridized carbons (Fsp3) is 0.379. The Balaban J connectivity index is 1.14. The van der Waals surface area contributed by atoms with E-state index in [1.54, 1.807) is 6.20 Å². The first kappa shape index (κ1) is 23.5. The van der Waals surface area contributed by atoms with Gasteiger partial charge in [0.15, 0.2) is 0 Å². The lowest BCUT2D eigenvalue weighted by atomic mass is 10.0. The second-order valence-electron chi connectivity index (χ2n) is 9.71. The number of hydrogen-bond donors (Lipinski definition) is 0. The molecule has 0 spiro atoms. The van der Waals surface area contributed by atoms with Gasteiger partial charge in [-0.05, 0) is 48.7 Å². The largest absolute Gasteiger partial charge is 0.493 e. The maximum atomic E-state index is 13.6. The van der Waals surface area contributed by atoms with Crippen molar-refractivity contribution in [1.29, 1.82) is 0 Å². The van der Waals surface area contributed by atoms with Gasteiger partial charge < -0.3 is 19.1 Å². The zero-order valence-corrected chi connectivity index (χ0v) is 21.1. The second-order valence-corrected chi connectivity index (χ2v) is 9.71. The molecule has 2 aliphatic rings. The Morgan fingerprint density at radius 3 is 2.59 bits per heavy atom. The Kier molecular flexibility index (Phi) is 6.47. The van der Waals surface area contributed by atoms with Crippen LogP contribution in [0.3, 0.4) is 0 Å². The molecule has 0 atom stereocenters. The summed E-state index contributed by atoms with van der Waals surface area (Å²) in [6.45, 7) is 5.11. The molecule has 1 saturated carbocycles. The molecule has 1 aliphatic heterocycles. The number of aromatic nitrogens is 3. The monoisotopic (exact) mass is 497 g/mol. The van der Waals surface area contributed by atoms with Crippen LogP contribution in [0.25, 0.3) is 22.2 Å². The van der Waals surface area contributed by atoms with Crippen LogP contribution in [0, 0.1) is 0 Å². The Labute approximate surface area is 216 Å². The topological polar surface area (TPSA) is 84.6 Å². The van der Waals surface area contributed by atoms with Gasteiger partial charge >= 0.3 is 0 Å². The van der Waals surface area contributed by atoms with Crippen molar-refractivity contribution in [1.82, 2.24) is 20.0 Å². The van der Waals surface area contributed by atoms with Crippen LogP contribution in [0.2, 0.25) is 0 Å². The molecule has 8 heteroatoms. The van der Waals surface area contributed by atoms with E-state index < -0.39 is 0 Å². The molecule has 4 aromatic rings. The molecule has 1 amide bonds. The van der Waals surface area contributed by atoms with Gasteiger partial charge in [-0.2, -0.15) is 4.98 Å². The first-order valence-electron chi connectivity index (χ1n) is 13.2. The molecule has 0 N–H and O–H groups in total. The van der Waals surface area contributed by atoms with Gasteiger partial charge in [0, 0.05) is 43.9 Å². The third-order valence-corrected chi connectivity index (χ3v) is 7.45. The van der Waals surface area contributed by atoms with E-state index in [1.165, 1.54) is 12.8 Å². The van der Waals surface area contributed by atoms with E-state index in [0.717, 1.165) is 40.9 Å². The summed E-state index contributed by atoms with van der Waals surface area (Å²) < 4.78 is 11.4. The van der Waals surface area contributed by atoms with E-state index >= 15 is 0 Å². The number of benzene rings is 2. The molecule has 190 valence electrons. The first-order chi connectivity index (χ1) is 18.2. The molecule has 0 unspecified atom stereocenters. The third kappa shape index (κ3) is 4.63. The van der Waals surface area contributed by atoms with Crippen molar-refractivity contribution in [3.8, 4) is 17.1 Å². The van der Waals surface area contributed by atoms with Crippen LogP contribution in [0.4, 0.5) is 5.82 Å². The Morgan fingerprint density at radius 1 is 1.03 bits per heavy atom. The van der Waals surface area contributed by atoms with Crippen LogP contribution < -0.4 is 9.64 Å². The van der Waals surface area contributed by atoms with Gasteiger partial charge in [0.2, 0.25) is 11.7 Å². The molecule has 0 radical (unpaired) electrons. The Bertz CT molecular complexity index is 1390. The van der Waals surface area contributed by atoms with Crippen LogP contribution in [0.5, 0.6) is 5.75 Å². The molecule has 1 aliphatic carbocycles. The van der Waals surface area contributed by atoms with Crippen molar-refractivity contribution in [3.05, 3.63) is 66.2 Å². The van der Waals surface area contributed by atoms with E-state index in [9.17, 15) is 4.79 Å². The molecule has 2 aromatic heterocycles. The standard InChI is InChI=1S/C29H31N5O3/c1-2-36-24-13-11-20-7-5-6-10-23(20)26(24)29(35)34-17-15-33(16-18-34)25-14-12-22(19-30-25)27-31-28(37-32-27)21-8-3-4-9-21/h5-7,10-14,19,21H,2-4,8-9,15-18H2,1H3. The summed E-state index contributed by atoms with van der Waals surface area (Å²) in [5.41, 5.74) is 1.50. The minimum Gasteiger partial charge on any atom is -0.493 e. The minimum atomic E-state index is 0.0124. The van der Waals surface area contributed by atoms with Crippen molar-refractivity contribution in [3.63, 3.8) is 0 Å². The van der Waals surface area contributed by atoms with Gasteiger partial charge in [0.05, 0.1) is 12.2 Å². The molecule has 2 fully saturated rings. The number of nitrogens with zero attached hydrogens (tertiary/aromatic N) is 5. The lowest BCUT2D eigenvalue weighted by molar-refractivity contribution is 0.0744. The summed E-state index contributed by atoms with van der Waals surface area (Å²) in [4.78, 5) is 27.1. The number of carbonyl (C=O) groups is 1. The molecular formula is C29H31N5O3. The van der Waals surface area contributed by atoms with E-state index in [4.69, 9.17) is 9.26 Å². The lowest BCUT2D eigenvalue weighted by Gasteiger charge is -2.35. The van der Waals surface area contributed by atoms with Crippen LogP contribution in [0.15, 0.2) is 59.3 Å². The van der Waals surface area contributed by atoms with E-state index in [1.807, 2.05) is 60.4 Å². The number of pyridine rings is 1. The number of piperazine rings is 1. The molecule has 8 nitrogen and oxygen atoms in total. The maximum Gasteiger partial charge on any atom is 0.258 e. The number of carbonyl (C=O) groups excluding carboxylic acids is 1. The number of rotatable bonds is 6. The van der Waals surface area contributed by atoms with Crippen molar-refractivity contribution in [2.75, 3.05) is 37.7 Å². The Morgan fingerprint density at radius 2 is 1.84 bits per heavy atom. The second kappa shape index (κ2) is 10.2. The number of amides is 1. The number of fused-ring (bicyclic) bond motifs is 1. The highest BCUT2D eigenvalue weighted by Crippen LogP contribution is 2.34. The molecule has 1 saturated heterocycles. The zero-order chi connectivity index (χ0) is 25.2. The van der Waals surface area contributed by atoms with Gasteiger partial charge in [-0.3, -0.25) is 4.79 Å². The average molecular weight is 498 g/mol. The first-order valence-corrected chi connectivity index (χ1v) is 13.2. The highest BCUT2D eigenvalue weighted by molar-refractivity contribution is 6.09. The number of anilines is 1. The number of hydrogen-bond acceptors (Lipinski definition) is 7.